The molecule has 0 amide bonds. The van der Waals surface area contributed by atoms with Crippen LogP contribution in [0, 0.1) is 0 Å². The number of nitrogen functional groups attached to an aromatic ring is 1. The molecule has 5 nitrogen and oxygen atoms in total. The first-order valence-electron chi connectivity index (χ1n) is 5.98. The van der Waals surface area contributed by atoms with Crippen LogP contribution in [0.5, 0.6) is 0 Å². The minimum Gasteiger partial charge on any atom is -0.465 e. The van der Waals surface area contributed by atoms with Crippen LogP contribution in [0.25, 0.3) is 0 Å². The van der Waals surface area contributed by atoms with E-state index in [4.69, 9.17) is 5.73 Å². The van der Waals surface area contributed by atoms with Crippen LogP contribution in [0.4, 0.5) is 24.7 Å². The maximum atomic E-state index is 12.0. The fourth-order valence-corrected chi connectivity index (χ4v) is 1.54. The fraction of sp³-hybridized carbons (Fsp3) is 0.500. The Kier molecular flexibility index (Phi) is 5.60. The Morgan fingerprint density at radius 1 is 1.45 bits per heavy atom. The summed E-state index contributed by atoms with van der Waals surface area (Å²) in [5, 5.41) is 2.81. The summed E-state index contributed by atoms with van der Waals surface area (Å²) >= 11 is 0. The summed E-state index contributed by atoms with van der Waals surface area (Å²) in [5.74, 6) is -0.361. The van der Waals surface area contributed by atoms with E-state index in [2.05, 4.69) is 15.0 Å². The lowest BCUT2D eigenvalue weighted by atomic mass is 10.2. The lowest BCUT2D eigenvalue weighted by molar-refractivity contribution is -0.135. The number of nitrogens with two attached hydrogens (primary N) is 1. The quantitative estimate of drug-likeness (QED) is 0.622. The summed E-state index contributed by atoms with van der Waals surface area (Å²) in [5.41, 5.74) is 5.98. The molecular formula is C12H16F3N3O2. The van der Waals surface area contributed by atoms with Crippen molar-refractivity contribution in [3.8, 4) is 0 Å². The Balaban J connectivity index is 2.53. The van der Waals surface area contributed by atoms with Gasteiger partial charge in [-0.25, -0.2) is 9.78 Å². The molecule has 8 heteroatoms. The third-order valence-corrected chi connectivity index (χ3v) is 2.49. The second-order valence-corrected chi connectivity index (χ2v) is 4.16. The van der Waals surface area contributed by atoms with Gasteiger partial charge in [0.1, 0.15) is 11.4 Å². The normalized spacial score (nSPS) is 11.2. The van der Waals surface area contributed by atoms with Crippen molar-refractivity contribution < 1.29 is 22.7 Å². The van der Waals surface area contributed by atoms with Crippen LogP contribution in [-0.2, 0) is 4.74 Å². The van der Waals surface area contributed by atoms with Gasteiger partial charge in [0.15, 0.2) is 0 Å². The number of hydrogen-bond acceptors (Lipinski definition) is 5. The van der Waals surface area contributed by atoms with E-state index in [1.54, 1.807) is 0 Å². The first kappa shape index (κ1) is 16.1. The molecule has 1 aromatic rings. The van der Waals surface area contributed by atoms with Gasteiger partial charge in [-0.2, -0.15) is 13.2 Å². The summed E-state index contributed by atoms with van der Waals surface area (Å²) in [6.45, 7) is 0.275. The van der Waals surface area contributed by atoms with Gasteiger partial charge < -0.3 is 15.8 Å². The van der Waals surface area contributed by atoms with Crippen LogP contribution in [0.1, 0.15) is 29.6 Å². The molecule has 0 aliphatic heterocycles. The first-order valence-corrected chi connectivity index (χ1v) is 5.98. The number of alkyl halides is 3. The number of unbranched alkanes of at least 4 members (excludes halogenated alkanes) is 1. The Labute approximate surface area is 114 Å². The smallest absolute Gasteiger partial charge is 0.389 e. The number of pyridine rings is 1. The van der Waals surface area contributed by atoms with E-state index in [1.807, 2.05) is 0 Å². The molecule has 1 heterocycles. The van der Waals surface area contributed by atoms with Gasteiger partial charge in [-0.15, -0.1) is 0 Å². The average molecular weight is 291 g/mol. The topological polar surface area (TPSA) is 77.2 Å². The van der Waals surface area contributed by atoms with Crippen molar-refractivity contribution in [2.45, 2.75) is 25.4 Å². The second-order valence-electron chi connectivity index (χ2n) is 4.16. The highest BCUT2D eigenvalue weighted by Crippen LogP contribution is 2.22. The number of carbonyl (C=O) groups excluding carboxylic acids is 1. The highest BCUT2D eigenvalue weighted by Gasteiger charge is 2.25. The van der Waals surface area contributed by atoms with Crippen molar-refractivity contribution in [1.29, 1.82) is 0 Å². The highest BCUT2D eigenvalue weighted by atomic mass is 19.4. The van der Waals surface area contributed by atoms with E-state index in [1.165, 1.54) is 19.4 Å². The standard InChI is InChI=1S/C12H16F3N3O2/c1-20-11(19)9-6-8(16)7-18-10(9)17-5-3-2-4-12(13,14)15/h6-7H,2-5,16H2,1H3,(H,17,18). The Morgan fingerprint density at radius 2 is 2.15 bits per heavy atom. The molecule has 112 valence electrons. The predicted molar refractivity (Wildman–Crippen MR) is 68.4 cm³/mol. The molecule has 20 heavy (non-hydrogen) atoms. The molecule has 0 fully saturated rings. The average Bonchev–Trinajstić information content (AvgIpc) is 2.37. The molecule has 3 N–H and O–H groups in total. The van der Waals surface area contributed by atoms with Gasteiger partial charge in [0.05, 0.1) is 19.0 Å². The lowest BCUT2D eigenvalue weighted by Crippen LogP contribution is -2.13. The van der Waals surface area contributed by atoms with Crippen molar-refractivity contribution in [3.05, 3.63) is 17.8 Å². The van der Waals surface area contributed by atoms with E-state index in [0.717, 1.165) is 0 Å². The fourth-order valence-electron chi connectivity index (χ4n) is 1.54. The number of nitrogens with one attached hydrogen (secondary N) is 1. The van der Waals surface area contributed by atoms with Crippen molar-refractivity contribution in [2.24, 2.45) is 0 Å². The zero-order chi connectivity index (χ0) is 15.2. The Hall–Kier alpha value is -1.99. The zero-order valence-electron chi connectivity index (χ0n) is 11.0. The van der Waals surface area contributed by atoms with Crippen LogP contribution in [0.3, 0.4) is 0 Å². The summed E-state index contributed by atoms with van der Waals surface area (Å²) in [6, 6.07) is 1.40. The molecule has 0 aromatic carbocycles. The minimum absolute atomic E-state index is 0.0129. The Morgan fingerprint density at radius 3 is 2.75 bits per heavy atom. The molecular weight excluding hydrogens is 275 g/mol. The van der Waals surface area contributed by atoms with Gasteiger partial charge in [-0.3, -0.25) is 0 Å². The highest BCUT2D eigenvalue weighted by molar-refractivity contribution is 5.95. The van der Waals surface area contributed by atoms with Gasteiger partial charge in [0.2, 0.25) is 0 Å². The summed E-state index contributed by atoms with van der Waals surface area (Å²) in [4.78, 5) is 15.4. The Bertz CT molecular complexity index is 464. The number of anilines is 2. The molecule has 0 radical (unpaired) electrons. The van der Waals surface area contributed by atoms with Crippen LogP contribution < -0.4 is 11.1 Å². The molecule has 0 aliphatic rings. The molecule has 0 spiro atoms. The minimum atomic E-state index is -4.14. The third kappa shape index (κ3) is 5.33. The largest absolute Gasteiger partial charge is 0.465 e. The number of methoxy groups -OCH3 is 1. The molecule has 0 saturated carbocycles. The number of nitrogens with zero attached hydrogens (tertiary/aromatic N) is 1. The lowest BCUT2D eigenvalue weighted by Gasteiger charge is -2.10. The van der Waals surface area contributed by atoms with Gasteiger partial charge in [-0.05, 0) is 18.9 Å². The predicted octanol–water partition coefficient (Wildman–Crippen LogP) is 2.59. The van der Waals surface area contributed by atoms with E-state index in [-0.39, 0.29) is 24.3 Å². The number of halogens is 3. The third-order valence-electron chi connectivity index (χ3n) is 2.49. The number of aromatic nitrogens is 1. The maximum absolute atomic E-state index is 12.0. The molecule has 0 saturated heterocycles. The number of carbonyl (C=O) groups is 1. The molecule has 0 aliphatic carbocycles. The van der Waals surface area contributed by atoms with Gasteiger partial charge in [0, 0.05) is 13.0 Å². The van der Waals surface area contributed by atoms with E-state index in [0.29, 0.717) is 12.1 Å². The van der Waals surface area contributed by atoms with E-state index in [9.17, 15) is 18.0 Å². The van der Waals surface area contributed by atoms with Crippen LogP contribution in [-0.4, -0.2) is 30.8 Å². The number of esters is 1. The summed E-state index contributed by atoms with van der Waals surface area (Å²) in [7, 11) is 1.22. The van der Waals surface area contributed by atoms with Crippen molar-refractivity contribution in [2.75, 3.05) is 24.7 Å². The monoisotopic (exact) mass is 291 g/mol. The number of ether oxygens (including phenoxy) is 1. The summed E-state index contributed by atoms with van der Waals surface area (Å²) in [6.07, 6.45) is -3.29. The molecule has 0 unspecified atom stereocenters. The number of hydrogen-bond donors (Lipinski definition) is 2. The van der Waals surface area contributed by atoms with Crippen molar-refractivity contribution in [1.82, 2.24) is 4.98 Å². The second kappa shape index (κ2) is 6.97. The van der Waals surface area contributed by atoms with E-state index >= 15 is 0 Å². The van der Waals surface area contributed by atoms with Crippen molar-refractivity contribution in [3.63, 3.8) is 0 Å². The van der Waals surface area contributed by atoms with Crippen LogP contribution in [0.2, 0.25) is 0 Å². The van der Waals surface area contributed by atoms with E-state index < -0.39 is 18.6 Å². The number of rotatable bonds is 6. The maximum Gasteiger partial charge on any atom is 0.389 e. The molecule has 1 rings (SSSR count). The SMILES string of the molecule is COC(=O)c1cc(N)cnc1NCCCCC(F)(F)F. The molecule has 0 atom stereocenters. The van der Waals surface area contributed by atoms with Gasteiger partial charge >= 0.3 is 12.1 Å². The summed E-state index contributed by atoms with van der Waals surface area (Å²) < 4.78 is 40.5. The van der Waals surface area contributed by atoms with Crippen molar-refractivity contribution >= 4 is 17.5 Å². The van der Waals surface area contributed by atoms with Gasteiger partial charge in [0.25, 0.3) is 0 Å². The molecule has 0 bridgehead atoms. The van der Waals surface area contributed by atoms with Gasteiger partial charge in [-0.1, -0.05) is 0 Å². The van der Waals surface area contributed by atoms with Crippen LogP contribution >= 0.6 is 0 Å². The molecule has 1 aromatic heterocycles. The first-order chi connectivity index (χ1) is 9.33. The zero-order valence-corrected chi connectivity index (χ0v) is 11.0. The van der Waals surface area contributed by atoms with Crippen LogP contribution in [0.15, 0.2) is 12.3 Å².